The first kappa shape index (κ1) is 25.8. The number of rotatable bonds is 11. The second-order valence-corrected chi connectivity index (χ2v) is 9.31. The SMILES string of the molecule is C=CCc1ccc(OCC2C(c3ccccc3)CCN(CCCCC)C23OC(=O)C(=O)O3)c(OC)c1. The normalized spacial score (nSPS) is 21.2. The molecule has 2 atom stereocenters. The van der Waals surface area contributed by atoms with E-state index in [4.69, 9.17) is 18.9 Å². The predicted octanol–water partition coefficient (Wildman–Crippen LogP) is 4.85. The first-order chi connectivity index (χ1) is 17.5. The lowest BCUT2D eigenvalue weighted by Gasteiger charge is -2.49. The van der Waals surface area contributed by atoms with E-state index in [1.807, 2.05) is 47.4 Å². The number of benzene rings is 2. The molecule has 0 amide bonds. The standard InChI is InChI=1S/C29H35NO6/c1-4-6-10-17-30-18-16-23(22-12-8-7-9-13-22)24(29(30)35-27(31)28(32)36-29)20-34-25-15-14-21(11-5-2)19-26(25)33-3/h5,7-9,12-15,19,23-24H,2,4,6,10-11,16-18,20H2,1,3H3. The molecule has 7 nitrogen and oxygen atoms in total. The zero-order valence-corrected chi connectivity index (χ0v) is 21.1. The van der Waals surface area contributed by atoms with E-state index in [1.54, 1.807) is 7.11 Å². The molecule has 2 saturated heterocycles. The second-order valence-electron chi connectivity index (χ2n) is 9.31. The molecule has 1 spiro atoms. The highest BCUT2D eigenvalue weighted by molar-refractivity contribution is 6.31. The average Bonchev–Trinajstić information content (AvgIpc) is 3.19. The molecule has 2 aliphatic rings. The van der Waals surface area contributed by atoms with Gasteiger partial charge in [-0.05, 0) is 42.5 Å². The van der Waals surface area contributed by atoms with Crippen LogP contribution in [0.15, 0.2) is 61.2 Å². The Morgan fingerprint density at radius 3 is 2.50 bits per heavy atom. The van der Waals surface area contributed by atoms with Crippen molar-refractivity contribution < 1.29 is 28.5 Å². The molecule has 0 bridgehead atoms. The predicted molar refractivity (Wildman–Crippen MR) is 136 cm³/mol. The highest BCUT2D eigenvalue weighted by Gasteiger charge is 2.62. The number of ether oxygens (including phenoxy) is 4. The van der Waals surface area contributed by atoms with Crippen LogP contribution < -0.4 is 9.47 Å². The van der Waals surface area contributed by atoms with Gasteiger partial charge in [0.05, 0.1) is 13.0 Å². The molecular weight excluding hydrogens is 458 g/mol. The van der Waals surface area contributed by atoms with Gasteiger partial charge in [-0.2, -0.15) is 0 Å². The first-order valence-corrected chi connectivity index (χ1v) is 12.7. The maximum absolute atomic E-state index is 12.4. The van der Waals surface area contributed by atoms with E-state index in [-0.39, 0.29) is 12.5 Å². The van der Waals surface area contributed by atoms with Crippen molar-refractivity contribution in [3.63, 3.8) is 0 Å². The van der Waals surface area contributed by atoms with Gasteiger partial charge in [0.2, 0.25) is 0 Å². The van der Waals surface area contributed by atoms with Crippen LogP contribution in [0.3, 0.4) is 0 Å². The number of allylic oxidation sites excluding steroid dienone is 1. The molecular formula is C29H35NO6. The van der Waals surface area contributed by atoms with Crippen molar-refractivity contribution in [2.75, 3.05) is 26.8 Å². The van der Waals surface area contributed by atoms with Gasteiger partial charge in [-0.1, -0.05) is 62.2 Å². The molecule has 2 aromatic carbocycles. The highest BCUT2D eigenvalue weighted by Crippen LogP contribution is 2.47. The molecule has 2 heterocycles. The summed E-state index contributed by atoms with van der Waals surface area (Å²) in [6, 6.07) is 15.8. The van der Waals surface area contributed by atoms with E-state index >= 15 is 0 Å². The van der Waals surface area contributed by atoms with Crippen LogP contribution in [-0.2, 0) is 25.5 Å². The smallest absolute Gasteiger partial charge is 0.421 e. The summed E-state index contributed by atoms with van der Waals surface area (Å²) in [6.07, 6.45) is 6.37. The summed E-state index contributed by atoms with van der Waals surface area (Å²) < 4.78 is 23.5. The molecule has 0 aliphatic carbocycles. The van der Waals surface area contributed by atoms with Crippen molar-refractivity contribution in [3.8, 4) is 11.5 Å². The monoisotopic (exact) mass is 493 g/mol. The van der Waals surface area contributed by atoms with Crippen LogP contribution in [0.25, 0.3) is 0 Å². The number of piperidine rings is 1. The van der Waals surface area contributed by atoms with Crippen molar-refractivity contribution in [1.29, 1.82) is 0 Å². The van der Waals surface area contributed by atoms with Crippen LogP contribution in [0.1, 0.15) is 49.7 Å². The molecule has 7 heteroatoms. The Morgan fingerprint density at radius 2 is 1.83 bits per heavy atom. The number of hydrogen-bond acceptors (Lipinski definition) is 7. The van der Waals surface area contributed by atoms with E-state index in [2.05, 4.69) is 25.6 Å². The van der Waals surface area contributed by atoms with Crippen molar-refractivity contribution >= 4 is 11.9 Å². The zero-order chi connectivity index (χ0) is 25.5. The third-order valence-electron chi connectivity index (χ3n) is 7.04. The van der Waals surface area contributed by atoms with Gasteiger partial charge in [-0.3, -0.25) is 0 Å². The Balaban J connectivity index is 1.68. The number of esters is 2. The van der Waals surface area contributed by atoms with Gasteiger partial charge in [0.25, 0.3) is 0 Å². The molecule has 0 N–H and O–H groups in total. The molecule has 2 aliphatic heterocycles. The van der Waals surface area contributed by atoms with Gasteiger partial charge in [-0.15, -0.1) is 6.58 Å². The summed E-state index contributed by atoms with van der Waals surface area (Å²) >= 11 is 0. The van der Waals surface area contributed by atoms with Gasteiger partial charge >= 0.3 is 17.8 Å². The number of hydrogen-bond donors (Lipinski definition) is 0. The molecule has 2 aromatic rings. The Bertz CT molecular complexity index is 1050. The van der Waals surface area contributed by atoms with Gasteiger partial charge in [0, 0.05) is 19.0 Å². The summed E-state index contributed by atoms with van der Waals surface area (Å²) in [5.74, 6) is -2.72. The summed E-state index contributed by atoms with van der Waals surface area (Å²) in [6.45, 7) is 7.40. The lowest BCUT2D eigenvalue weighted by molar-refractivity contribution is -0.298. The minimum absolute atomic E-state index is 0.0432. The molecule has 0 radical (unpaired) electrons. The fourth-order valence-corrected chi connectivity index (χ4v) is 5.24. The largest absolute Gasteiger partial charge is 0.493 e. The van der Waals surface area contributed by atoms with Gasteiger partial charge in [0.15, 0.2) is 11.5 Å². The zero-order valence-electron chi connectivity index (χ0n) is 21.1. The van der Waals surface area contributed by atoms with Crippen LogP contribution in [0, 0.1) is 5.92 Å². The molecule has 192 valence electrons. The average molecular weight is 494 g/mol. The van der Waals surface area contributed by atoms with Crippen molar-refractivity contribution in [3.05, 3.63) is 72.3 Å². The van der Waals surface area contributed by atoms with Gasteiger partial charge < -0.3 is 18.9 Å². The van der Waals surface area contributed by atoms with E-state index in [0.29, 0.717) is 24.6 Å². The molecule has 2 fully saturated rings. The number of carbonyl (C=O) groups is 2. The molecule has 2 unspecified atom stereocenters. The quantitative estimate of drug-likeness (QED) is 0.192. The van der Waals surface area contributed by atoms with Crippen LogP contribution in [0.4, 0.5) is 0 Å². The minimum atomic E-state index is -1.50. The summed E-state index contributed by atoms with van der Waals surface area (Å²) in [4.78, 5) is 26.8. The van der Waals surface area contributed by atoms with Gasteiger partial charge in [0.1, 0.15) is 6.61 Å². The van der Waals surface area contributed by atoms with Crippen LogP contribution in [0.2, 0.25) is 0 Å². The Hall–Kier alpha value is -3.32. The Labute approximate surface area is 213 Å². The minimum Gasteiger partial charge on any atom is -0.493 e. The first-order valence-electron chi connectivity index (χ1n) is 12.7. The number of methoxy groups -OCH3 is 1. The van der Waals surface area contributed by atoms with E-state index in [0.717, 1.165) is 43.2 Å². The van der Waals surface area contributed by atoms with Crippen molar-refractivity contribution in [1.82, 2.24) is 4.90 Å². The fraction of sp³-hybridized carbons (Fsp3) is 0.448. The summed E-state index contributed by atoms with van der Waals surface area (Å²) in [5, 5.41) is 0. The fourth-order valence-electron chi connectivity index (χ4n) is 5.24. The van der Waals surface area contributed by atoms with Crippen LogP contribution in [-0.4, -0.2) is 49.6 Å². The van der Waals surface area contributed by atoms with E-state index in [1.165, 1.54) is 0 Å². The number of likely N-dealkylation sites (tertiary alicyclic amines) is 1. The molecule has 36 heavy (non-hydrogen) atoms. The summed E-state index contributed by atoms with van der Waals surface area (Å²) in [7, 11) is 1.60. The van der Waals surface area contributed by atoms with Gasteiger partial charge in [-0.25, -0.2) is 14.5 Å². The Morgan fingerprint density at radius 1 is 1.08 bits per heavy atom. The van der Waals surface area contributed by atoms with E-state index < -0.39 is 23.8 Å². The molecule has 4 rings (SSSR count). The number of carbonyl (C=O) groups excluding carboxylic acids is 2. The topological polar surface area (TPSA) is 74.3 Å². The maximum Gasteiger partial charge on any atom is 0.421 e. The lowest BCUT2D eigenvalue weighted by Crippen LogP contribution is -2.62. The second kappa shape index (κ2) is 11.6. The highest BCUT2D eigenvalue weighted by atomic mass is 16.8. The molecule has 0 saturated carbocycles. The number of unbranched alkanes of at least 4 members (excludes halogenated alkanes) is 2. The molecule has 0 aromatic heterocycles. The maximum atomic E-state index is 12.4. The number of nitrogens with zero attached hydrogens (tertiary/aromatic N) is 1. The van der Waals surface area contributed by atoms with Crippen molar-refractivity contribution in [2.45, 2.75) is 50.9 Å². The Kier molecular flexibility index (Phi) is 8.31. The lowest BCUT2D eigenvalue weighted by atomic mass is 9.77. The summed E-state index contributed by atoms with van der Waals surface area (Å²) in [5.41, 5.74) is 2.15. The van der Waals surface area contributed by atoms with Crippen LogP contribution in [0.5, 0.6) is 11.5 Å². The van der Waals surface area contributed by atoms with Crippen molar-refractivity contribution in [2.24, 2.45) is 5.92 Å². The third-order valence-corrected chi connectivity index (χ3v) is 7.04. The van der Waals surface area contributed by atoms with Crippen LogP contribution >= 0.6 is 0 Å². The van der Waals surface area contributed by atoms with E-state index in [9.17, 15) is 9.59 Å². The third kappa shape index (κ3) is 5.26.